The molecule has 18 heavy (non-hydrogen) atoms. The Balaban J connectivity index is 2.65. The van der Waals surface area contributed by atoms with Crippen LogP contribution in [0.5, 0.6) is 0 Å². The summed E-state index contributed by atoms with van der Waals surface area (Å²) < 4.78 is 37.5. The van der Waals surface area contributed by atoms with E-state index in [-0.39, 0.29) is 6.54 Å². The summed E-state index contributed by atoms with van der Waals surface area (Å²) in [7, 11) is 0. The van der Waals surface area contributed by atoms with Crippen LogP contribution in [-0.2, 0) is 6.54 Å². The lowest BCUT2D eigenvalue weighted by Gasteiger charge is -2.23. The van der Waals surface area contributed by atoms with E-state index < -0.39 is 12.1 Å². The molecule has 1 unspecified atom stereocenters. The molecule has 0 saturated heterocycles. The summed E-state index contributed by atoms with van der Waals surface area (Å²) in [5.74, 6) is -1.96. The fraction of sp³-hybridized carbons (Fsp3) is 0.500. The predicted octanol–water partition coefficient (Wildman–Crippen LogP) is 2.61. The minimum Gasteiger partial charge on any atom is -0.296 e. The maximum absolute atomic E-state index is 12.5. The number of hydrogen-bond donors (Lipinski definition) is 0. The van der Waals surface area contributed by atoms with Gasteiger partial charge in [0.1, 0.15) is 0 Å². The van der Waals surface area contributed by atoms with Crippen LogP contribution in [0.15, 0.2) is 24.4 Å². The van der Waals surface area contributed by atoms with Gasteiger partial charge in [-0.05, 0) is 18.7 Å². The number of rotatable bonds is 5. The standard InChI is InChI=1S/C12H14F3N3/c1-2-18(8-10(7-16)12(13,14)15)9-11-5-3-4-6-17-11/h3-6,10H,2,8-9H2,1H3. The SMILES string of the molecule is CCN(Cc1ccccn1)CC(C#N)C(F)(F)F. The molecule has 1 aromatic heterocycles. The molecular weight excluding hydrogens is 243 g/mol. The van der Waals surface area contributed by atoms with Gasteiger partial charge in [-0.2, -0.15) is 18.4 Å². The van der Waals surface area contributed by atoms with Gasteiger partial charge in [0, 0.05) is 19.3 Å². The van der Waals surface area contributed by atoms with Crippen LogP contribution in [0.1, 0.15) is 12.6 Å². The van der Waals surface area contributed by atoms with Crippen LogP contribution in [0.25, 0.3) is 0 Å². The van der Waals surface area contributed by atoms with Crippen LogP contribution in [0.3, 0.4) is 0 Å². The summed E-state index contributed by atoms with van der Waals surface area (Å²) in [6, 6.07) is 6.58. The molecule has 0 radical (unpaired) electrons. The van der Waals surface area contributed by atoms with Crippen LogP contribution in [-0.4, -0.2) is 29.1 Å². The van der Waals surface area contributed by atoms with E-state index in [1.807, 2.05) is 0 Å². The molecule has 1 aromatic rings. The second-order valence-corrected chi connectivity index (χ2v) is 3.87. The first-order valence-corrected chi connectivity index (χ1v) is 5.56. The van der Waals surface area contributed by atoms with Gasteiger partial charge in [0.05, 0.1) is 11.8 Å². The Morgan fingerprint density at radius 1 is 1.44 bits per heavy atom. The third kappa shape index (κ3) is 4.34. The molecule has 6 heteroatoms. The normalized spacial score (nSPS) is 13.3. The van der Waals surface area contributed by atoms with Crippen LogP contribution in [0.4, 0.5) is 13.2 Å². The Kier molecular flexibility index (Phi) is 5.10. The molecular formula is C12H14F3N3. The summed E-state index contributed by atoms with van der Waals surface area (Å²) >= 11 is 0. The molecule has 0 aliphatic rings. The van der Waals surface area contributed by atoms with Crippen molar-refractivity contribution in [2.24, 2.45) is 5.92 Å². The summed E-state index contributed by atoms with van der Waals surface area (Å²) in [5.41, 5.74) is 0.693. The summed E-state index contributed by atoms with van der Waals surface area (Å²) in [6.07, 6.45) is -2.89. The number of alkyl halides is 3. The van der Waals surface area contributed by atoms with Crippen molar-refractivity contribution in [2.75, 3.05) is 13.1 Å². The highest BCUT2D eigenvalue weighted by molar-refractivity contribution is 5.03. The van der Waals surface area contributed by atoms with E-state index in [1.54, 1.807) is 36.2 Å². The Morgan fingerprint density at radius 3 is 2.61 bits per heavy atom. The first kappa shape index (κ1) is 14.5. The summed E-state index contributed by atoms with van der Waals surface area (Å²) in [5, 5.41) is 8.56. The van der Waals surface area contributed by atoms with E-state index in [4.69, 9.17) is 5.26 Å². The van der Waals surface area contributed by atoms with Crippen LogP contribution < -0.4 is 0 Å². The van der Waals surface area contributed by atoms with E-state index in [0.717, 1.165) is 0 Å². The first-order chi connectivity index (χ1) is 8.47. The summed E-state index contributed by atoms with van der Waals surface area (Å²) in [4.78, 5) is 5.62. The number of pyridine rings is 1. The molecule has 0 aliphatic carbocycles. The van der Waals surface area contributed by atoms with E-state index in [9.17, 15) is 13.2 Å². The zero-order valence-corrected chi connectivity index (χ0v) is 9.98. The number of hydrogen-bond acceptors (Lipinski definition) is 3. The predicted molar refractivity (Wildman–Crippen MR) is 60.3 cm³/mol. The lowest BCUT2D eigenvalue weighted by Crippen LogP contribution is -2.35. The summed E-state index contributed by atoms with van der Waals surface area (Å²) in [6.45, 7) is 2.18. The van der Waals surface area contributed by atoms with E-state index in [1.165, 1.54) is 6.07 Å². The average molecular weight is 257 g/mol. The molecule has 98 valence electrons. The van der Waals surface area contributed by atoms with Crippen molar-refractivity contribution in [2.45, 2.75) is 19.6 Å². The molecule has 0 amide bonds. The Hall–Kier alpha value is -1.61. The third-order valence-electron chi connectivity index (χ3n) is 2.55. The zero-order chi connectivity index (χ0) is 13.6. The van der Waals surface area contributed by atoms with E-state index >= 15 is 0 Å². The maximum Gasteiger partial charge on any atom is 0.405 e. The highest BCUT2D eigenvalue weighted by atomic mass is 19.4. The third-order valence-corrected chi connectivity index (χ3v) is 2.55. The van der Waals surface area contributed by atoms with Crippen molar-refractivity contribution < 1.29 is 13.2 Å². The number of aromatic nitrogens is 1. The average Bonchev–Trinajstić information content (AvgIpc) is 2.34. The number of nitriles is 1. The molecule has 0 N–H and O–H groups in total. The molecule has 0 aromatic carbocycles. The van der Waals surface area contributed by atoms with Gasteiger partial charge in [-0.25, -0.2) is 0 Å². The Bertz CT molecular complexity index is 397. The quantitative estimate of drug-likeness (QED) is 0.814. The van der Waals surface area contributed by atoms with Crippen molar-refractivity contribution in [3.8, 4) is 6.07 Å². The first-order valence-electron chi connectivity index (χ1n) is 5.56. The second-order valence-electron chi connectivity index (χ2n) is 3.87. The number of halogens is 3. The molecule has 0 spiro atoms. The number of nitrogens with zero attached hydrogens (tertiary/aromatic N) is 3. The molecule has 1 heterocycles. The molecule has 3 nitrogen and oxygen atoms in total. The fourth-order valence-electron chi connectivity index (χ4n) is 1.50. The van der Waals surface area contributed by atoms with E-state index in [2.05, 4.69) is 4.98 Å². The minimum atomic E-state index is -4.48. The monoisotopic (exact) mass is 257 g/mol. The van der Waals surface area contributed by atoms with Crippen molar-refractivity contribution >= 4 is 0 Å². The van der Waals surface area contributed by atoms with Crippen molar-refractivity contribution in [1.82, 2.24) is 9.88 Å². The highest BCUT2D eigenvalue weighted by Gasteiger charge is 2.40. The molecule has 0 saturated carbocycles. The lowest BCUT2D eigenvalue weighted by atomic mass is 10.1. The second kappa shape index (κ2) is 6.36. The van der Waals surface area contributed by atoms with Gasteiger partial charge in [-0.1, -0.05) is 13.0 Å². The highest BCUT2D eigenvalue weighted by Crippen LogP contribution is 2.26. The van der Waals surface area contributed by atoms with Gasteiger partial charge in [0.2, 0.25) is 0 Å². The fourth-order valence-corrected chi connectivity index (χ4v) is 1.50. The topological polar surface area (TPSA) is 39.9 Å². The van der Waals surface area contributed by atoms with Crippen LogP contribution >= 0.6 is 0 Å². The lowest BCUT2D eigenvalue weighted by molar-refractivity contribution is -0.163. The molecule has 1 atom stereocenters. The van der Waals surface area contributed by atoms with Gasteiger partial charge < -0.3 is 0 Å². The van der Waals surface area contributed by atoms with Crippen LogP contribution in [0, 0.1) is 17.2 Å². The van der Waals surface area contributed by atoms with E-state index in [0.29, 0.717) is 18.8 Å². The maximum atomic E-state index is 12.5. The van der Waals surface area contributed by atoms with Crippen molar-refractivity contribution in [3.63, 3.8) is 0 Å². The van der Waals surface area contributed by atoms with Crippen LogP contribution in [0.2, 0.25) is 0 Å². The van der Waals surface area contributed by atoms with Gasteiger partial charge in [-0.15, -0.1) is 0 Å². The largest absolute Gasteiger partial charge is 0.405 e. The Morgan fingerprint density at radius 2 is 2.17 bits per heavy atom. The molecule has 0 aliphatic heterocycles. The van der Waals surface area contributed by atoms with Gasteiger partial charge in [-0.3, -0.25) is 9.88 Å². The molecule has 0 bridgehead atoms. The van der Waals surface area contributed by atoms with Gasteiger partial charge in [0.15, 0.2) is 5.92 Å². The van der Waals surface area contributed by atoms with Crippen molar-refractivity contribution in [3.05, 3.63) is 30.1 Å². The van der Waals surface area contributed by atoms with Gasteiger partial charge >= 0.3 is 6.18 Å². The Labute approximate surface area is 104 Å². The minimum absolute atomic E-state index is 0.311. The molecule has 0 fully saturated rings. The van der Waals surface area contributed by atoms with Crippen molar-refractivity contribution in [1.29, 1.82) is 5.26 Å². The molecule has 1 rings (SSSR count). The smallest absolute Gasteiger partial charge is 0.296 e. The zero-order valence-electron chi connectivity index (χ0n) is 9.98. The van der Waals surface area contributed by atoms with Gasteiger partial charge in [0.25, 0.3) is 0 Å².